The molecule has 0 bridgehead atoms. The first-order valence-electron chi connectivity index (χ1n) is 9.91. The molecule has 2 fully saturated rings. The number of ether oxygens (including phenoxy) is 1. The molecule has 28 heavy (non-hydrogen) atoms. The van der Waals surface area contributed by atoms with Crippen LogP contribution in [-0.2, 0) is 17.7 Å². The number of aryl methyl sites for hydroxylation is 1. The van der Waals surface area contributed by atoms with Crippen molar-refractivity contribution in [3.8, 4) is 0 Å². The molecule has 2 saturated heterocycles. The Bertz CT molecular complexity index is 829. The Balaban J connectivity index is 1.37. The van der Waals surface area contributed by atoms with Crippen LogP contribution in [0.1, 0.15) is 41.6 Å². The third-order valence-corrected chi connectivity index (χ3v) is 5.77. The lowest BCUT2D eigenvalue weighted by Crippen LogP contribution is -2.56. The summed E-state index contributed by atoms with van der Waals surface area (Å²) in [7, 11) is 0. The molecule has 2 aliphatic heterocycles. The molecule has 0 aliphatic carbocycles. The second-order valence-electron chi connectivity index (χ2n) is 7.67. The number of carboxylic acids is 1. The van der Waals surface area contributed by atoms with E-state index < -0.39 is 5.97 Å². The molecule has 4 rings (SSSR count). The summed E-state index contributed by atoms with van der Waals surface area (Å²) < 4.78 is 6.25. The van der Waals surface area contributed by atoms with E-state index in [1.807, 2.05) is 6.07 Å². The Kier molecular flexibility index (Phi) is 5.32. The Morgan fingerprint density at radius 2 is 2.14 bits per heavy atom. The average Bonchev–Trinajstić information content (AvgIpc) is 3.16. The zero-order chi connectivity index (χ0) is 19.6. The van der Waals surface area contributed by atoms with Crippen LogP contribution >= 0.6 is 0 Å². The number of morpholine rings is 1. The number of hydrogen-bond donors (Lipinski definition) is 2. The van der Waals surface area contributed by atoms with Crippen molar-refractivity contribution in [1.29, 1.82) is 0 Å². The molecule has 8 heteroatoms. The molecule has 150 valence electrons. The Morgan fingerprint density at radius 3 is 2.86 bits per heavy atom. The minimum Gasteiger partial charge on any atom is -0.477 e. The molecule has 2 aromatic rings. The predicted molar refractivity (Wildman–Crippen MR) is 105 cm³/mol. The van der Waals surface area contributed by atoms with Crippen molar-refractivity contribution in [1.82, 2.24) is 20.1 Å². The maximum absolute atomic E-state index is 11.2. The lowest BCUT2D eigenvalue weighted by atomic mass is 9.89. The Hall–Kier alpha value is -2.45. The normalized spacial score (nSPS) is 19.8. The smallest absolute Gasteiger partial charge is 0.354 e. The molecule has 1 spiro atoms. The van der Waals surface area contributed by atoms with E-state index in [1.54, 1.807) is 12.3 Å². The first kappa shape index (κ1) is 18.9. The summed E-state index contributed by atoms with van der Waals surface area (Å²) in [4.78, 5) is 19.8. The molecular weight excluding hydrogens is 358 g/mol. The second kappa shape index (κ2) is 7.89. The molecule has 2 aliphatic rings. The number of nitrogens with one attached hydrogen (secondary N) is 1. The minimum absolute atomic E-state index is 0.0869. The highest BCUT2D eigenvalue weighted by molar-refractivity contribution is 5.86. The molecule has 0 saturated carbocycles. The SMILES string of the molecule is CCc1cc(CN2CCOC3(CCN(c4ccnc(C(=O)O)c4)CC3)C2)[nH]n1. The maximum Gasteiger partial charge on any atom is 0.354 e. The largest absolute Gasteiger partial charge is 0.477 e. The minimum atomic E-state index is -0.994. The highest BCUT2D eigenvalue weighted by Gasteiger charge is 2.39. The van der Waals surface area contributed by atoms with Gasteiger partial charge < -0.3 is 14.7 Å². The van der Waals surface area contributed by atoms with Crippen molar-refractivity contribution >= 4 is 11.7 Å². The number of carbonyl (C=O) groups is 1. The van der Waals surface area contributed by atoms with Gasteiger partial charge in [0.1, 0.15) is 5.69 Å². The van der Waals surface area contributed by atoms with E-state index in [4.69, 9.17) is 9.84 Å². The van der Waals surface area contributed by atoms with Gasteiger partial charge in [-0.2, -0.15) is 5.10 Å². The predicted octanol–water partition coefficient (Wildman–Crippen LogP) is 1.94. The number of rotatable bonds is 5. The number of piperidine rings is 1. The van der Waals surface area contributed by atoms with Crippen LogP contribution in [0.15, 0.2) is 24.4 Å². The van der Waals surface area contributed by atoms with Crippen molar-refractivity contribution in [2.45, 2.75) is 38.3 Å². The van der Waals surface area contributed by atoms with Gasteiger partial charge in [-0.1, -0.05) is 6.92 Å². The van der Waals surface area contributed by atoms with Crippen LogP contribution in [0.4, 0.5) is 5.69 Å². The molecule has 0 unspecified atom stereocenters. The van der Waals surface area contributed by atoms with E-state index in [-0.39, 0.29) is 11.3 Å². The first-order valence-corrected chi connectivity index (χ1v) is 9.91. The molecule has 4 heterocycles. The van der Waals surface area contributed by atoms with Crippen molar-refractivity contribution in [2.24, 2.45) is 0 Å². The zero-order valence-electron chi connectivity index (χ0n) is 16.2. The van der Waals surface area contributed by atoms with E-state index in [0.29, 0.717) is 0 Å². The summed E-state index contributed by atoms with van der Waals surface area (Å²) in [5.41, 5.74) is 3.14. The summed E-state index contributed by atoms with van der Waals surface area (Å²) >= 11 is 0. The van der Waals surface area contributed by atoms with E-state index in [0.717, 1.165) is 75.7 Å². The van der Waals surface area contributed by atoms with Crippen molar-refractivity contribution in [3.05, 3.63) is 41.5 Å². The number of aromatic carboxylic acids is 1. The highest BCUT2D eigenvalue weighted by Crippen LogP contribution is 2.32. The van der Waals surface area contributed by atoms with Gasteiger partial charge in [0, 0.05) is 50.3 Å². The molecule has 2 N–H and O–H groups in total. The van der Waals surface area contributed by atoms with Gasteiger partial charge in [-0.25, -0.2) is 9.78 Å². The van der Waals surface area contributed by atoms with E-state index in [2.05, 4.69) is 38.0 Å². The molecule has 0 atom stereocenters. The van der Waals surface area contributed by atoms with Crippen LogP contribution < -0.4 is 4.90 Å². The van der Waals surface area contributed by atoms with Crippen LogP contribution in [0.25, 0.3) is 0 Å². The van der Waals surface area contributed by atoms with Crippen molar-refractivity contribution in [2.75, 3.05) is 37.7 Å². The molecular formula is C20H27N5O3. The topological polar surface area (TPSA) is 94.6 Å². The van der Waals surface area contributed by atoms with Crippen LogP contribution in [0, 0.1) is 0 Å². The zero-order valence-corrected chi connectivity index (χ0v) is 16.2. The Morgan fingerprint density at radius 1 is 1.32 bits per heavy atom. The van der Waals surface area contributed by atoms with Crippen LogP contribution in [0.5, 0.6) is 0 Å². The monoisotopic (exact) mass is 385 g/mol. The maximum atomic E-state index is 11.2. The first-order chi connectivity index (χ1) is 13.6. The second-order valence-corrected chi connectivity index (χ2v) is 7.67. The summed E-state index contributed by atoms with van der Waals surface area (Å²) in [6.07, 6.45) is 4.36. The Labute approximate surface area is 164 Å². The van der Waals surface area contributed by atoms with Gasteiger partial charge in [-0.05, 0) is 37.5 Å². The third-order valence-electron chi connectivity index (χ3n) is 5.77. The average molecular weight is 385 g/mol. The number of hydrogen-bond acceptors (Lipinski definition) is 6. The van der Waals surface area contributed by atoms with Gasteiger partial charge >= 0.3 is 5.97 Å². The summed E-state index contributed by atoms with van der Waals surface area (Å²) in [6.45, 7) is 7.26. The number of anilines is 1. The van der Waals surface area contributed by atoms with E-state index >= 15 is 0 Å². The number of pyridine rings is 1. The number of aromatic amines is 1. The highest BCUT2D eigenvalue weighted by atomic mass is 16.5. The van der Waals surface area contributed by atoms with Crippen LogP contribution in [0.2, 0.25) is 0 Å². The molecule has 2 aromatic heterocycles. The number of carboxylic acid groups (broad SMARTS) is 1. The molecule has 8 nitrogen and oxygen atoms in total. The standard InChI is InChI=1S/C20H27N5O3/c1-2-15-11-16(23-22-15)13-24-9-10-28-20(14-24)4-7-25(8-5-20)17-3-6-21-18(12-17)19(26)27/h3,6,11-12H,2,4-5,7-10,13-14H2,1H3,(H,22,23)(H,26,27). The number of nitrogens with zero attached hydrogens (tertiary/aromatic N) is 4. The summed E-state index contributed by atoms with van der Waals surface area (Å²) in [5.74, 6) is -0.994. The van der Waals surface area contributed by atoms with Gasteiger partial charge in [0.2, 0.25) is 0 Å². The van der Waals surface area contributed by atoms with Gasteiger partial charge in [0.15, 0.2) is 0 Å². The van der Waals surface area contributed by atoms with E-state index in [9.17, 15) is 4.79 Å². The fourth-order valence-corrected chi connectivity index (χ4v) is 4.18. The number of aromatic nitrogens is 3. The quantitative estimate of drug-likeness (QED) is 0.812. The molecule has 0 amide bonds. The molecule has 0 aromatic carbocycles. The van der Waals surface area contributed by atoms with Gasteiger partial charge in [0.25, 0.3) is 0 Å². The van der Waals surface area contributed by atoms with Gasteiger partial charge in [0.05, 0.1) is 17.9 Å². The van der Waals surface area contributed by atoms with Crippen molar-refractivity contribution in [3.63, 3.8) is 0 Å². The lowest BCUT2D eigenvalue weighted by molar-refractivity contribution is -0.123. The summed E-state index contributed by atoms with van der Waals surface area (Å²) in [6, 6.07) is 5.67. The van der Waals surface area contributed by atoms with E-state index in [1.165, 1.54) is 0 Å². The van der Waals surface area contributed by atoms with Crippen LogP contribution in [-0.4, -0.2) is 69.5 Å². The summed E-state index contributed by atoms with van der Waals surface area (Å²) in [5, 5.41) is 16.6. The third kappa shape index (κ3) is 4.02. The lowest BCUT2D eigenvalue weighted by Gasteiger charge is -2.47. The van der Waals surface area contributed by atoms with Crippen LogP contribution in [0.3, 0.4) is 0 Å². The van der Waals surface area contributed by atoms with Crippen molar-refractivity contribution < 1.29 is 14.6 Å². The van der Waals surface area contributed by atoms with Gasteiger partial charge in [-0.3, -0.25) is 10.00 Å². The molecule has 0 radical (unpaired) electrons. The fourth-order valence-electron chi connectivity index (χ4n) is 4.18. The van der Waals surface area contributed by atoms with Gasteiger partial charge in [-0.15, -0.1) is 0 Å². The fraction of sp³-hybridized carbons (Fsp3) is 0.550. The number of H-pyrrole nitrogens is 1.